The van der Waals surface area contributed by atoms with Gasteiger partial charge in [0.05, 0.1) is 6.61 Å². The molecule has 0 unspecified atom stereocenters. The van der Waals surface area contributed by atoms with Crippen LogP contribution in [-0.2, 0) is 9.53 Å². The maximum Gasteiger partial charge on any atom is 0.379 e. The van der Waals surface area contributed by atoms with Crippen molar-refractivity contribution in [2.24, 2.45) is 0 Å². The van der Waals surface area contributed by atoms with Crippen molar-refractivity contribution in [3.05, 3.63) is 23.3 Å². The van der Waals surface area contributed by atoms with Crippen LogP contribution in [0, 0.1) is 6.92 Å². The van der Waals surface area contributed by atoms with Crippen LogP contribution in [0.25, 0.3) is 0 Å². The summed E-state index contributed by atoms with van der Waals surface area (Å²) >= 11 is 0. The summed E-state index contributed by atoms with van der Waals surface area (Å²) in [5.74, 6) is -0.402. The molecule has 5 heteroatoms. The summed E-state index contributed by atoms with van der Waals surface area (Å²) in [5.41, 5.74) is 1.02. The number of fused-ring (bicyclic) bond motifs is 1. The van der Waals surface area contributed by atoms with Crippen LogP contribution < -0.4 is 9.47 Å². The second-order valence-corrected chi connectivity index (χ2v) is 3.87. The third-order valence-corrected chi connectivity index (χ3v) is 2.55. The van der Waals surface area contributed by atoms with Crippen LogP contribution >= 0.6 is 0 Å². The lowest BCUT2D eigenvalue weighted by Gasteiger charge is -2.20. The van der Waals surface area contributed by atoms with Crippen LogP contribution in [0.5, 0.6) is 11.5 Å². The van der Waals surface area contributed by atoms with Crippen molar-refractivity contribution in [1.29, 1.82) is 0 Å². The van der Waals surface area contributed by atoms with E-state index in [2.05, 4.69) is 4.74 Å². The molecule has 0 fully saturated rings. The van der Waals surface area contributed by atoms with Gasteiger partial charge in [0.25, 0.3) is 5.78 Å². The van der Waals surface area contributed by atoms with E-state index in [1.165, 1.54) is 6.07 Å². The molecular weight excluding hydrogens is 236 g/mol. The van der Waals surface area contributed by atoms with Gasteiger partial charge in [-0.1, -0.05) is 0 Å². The second kappa shape index (κ2) is 5.08. The first-order chi connectivity index (χ1) is 8.63. The van der Waals surface area contributed by atoms with Crippen molar-refractivity contribution < 1.29 is 23.8 Å². The summed E-state index contributed by atoms with van der Waals surface area (Å²) in [6, 6.07) is 3.12. The van der Waals surface area contributed by atoms with E-state index in [4.69, 9.17) is 9.47 Å². The topological polar surface area (TPSA) is 61.8 Å². The van der Waals surface area contributed by atoms with Gasteiger partial charge in [-0.2, -0.15) is 0 Å². The molecule has 0 saturated heterocycles. The van der Waals surface area contributed by atoms with E-state index in [0.29, 0.717) is 24.7 Å². The molecule has 0 amide bonds. The summed E-state index contributed by atoms with van der Waals surface area (Å²) in [6.45, 7) is 4.55. The Bertz CT molecular complexity index is 492. The van der Waals surface area contributed by atoms with Gasteiger partial charge < -0.3 is 14.2 Å². The molecule has 0 saturated carbocycles. The number of hydrogen-bond acceptors (Lipinski definition) is 5. The number of carbonyl (C=O) groups excluding carboxylic acids is 2. The standard InChI is InChI=1S/C13H14O5/c1-3-16-13(15)11(14)9-6-8(2)12-10(7-9)17-4-5-18-12/h6-7H,3-5H2,1-2H3. The van der Waals surface area contributed by atoms with Crippen LogP contribution in [-0.4, -0.2) is 31.6 Å². The van der Waals surface area contributed by atoms with Crippen LogP contribution in [0.4, 0.5) is 0 Å². The predicted octanol–water partition coefficient (Wildman–Crippen LogP) is 1.51. The predicted molar refractivity (Wildman–Crippen MR) is 63.1 cm³/mol. The molecule has 0 bridgehead atoms. The van der Waals surface area contributed by atoms with Crippen LogP contribution in [0.1, 0.15) is 22.8 Å². The average Bonchev–Trinajstić information content (AvgIpc) is 2.38. The average molecular weight is 250 g/mol. The highest BCUT2D eigenvalue weighted by Gasteiger charge is 2.22. The molecule has 5 nitrogen and oxygen atoms in total. The van der Waals surface area contributed by atoms with Gasteiger partial charge in [-0.05, 0) is 31.5 Å². The fraction of sp³-hybridized carbons (Fsp3) is 0.385. The molecule has 1 aromatic carbocycles. The van der Waals surface area contributed by atoms with Crippen LogP contribution in [0.3, 0.4) is 0 Å². The lowest BCUT2D eigenvalue weighted by molar-refractivity contribution is -0.137. The zero-order valence-corrected chi connectivity index (χ0v) is 10.3. The molecule has 0 aromatic heterocycles. The third-order valence-electron chi connectivity index (χ3n) is 2.55. The normalized spacial score (nSPS) is 13.0. The number of ketones is 1. The van der Waals surface area contributed by atoms with E-state index in [9.17, 15) is 9.59 Å². The van der Waals surface area contributed by atoms with E-state index in [-0.39, 0.29) is 12.2 Å². The minimum Gasteiger partial charge on any atom is -0.486 e. The van der Waals surface area contributed by atoms with E-state index >= 15 is 0 Å². The highest BCUT2D eigenvalue weighted by atomic mass is 16.6. The molecule has 2 rings (SSSR count). The third kappa shape index (κ3) is 2.30. The highest BCUT2D eigenvalue weighted by molar-refractivity contribution is 6.40. The van der Waals surface area contributed by atoms with Crippen molar-refractivity contribution >= 4 is 11.8 Å². The van der Waals surface area contributed by atoms with Gasteiger partial charge >= 0.3 is 5.97 Å². The number of esters is 1. The first-order valence-electron chi connectivity index (χ1n) is 5.75. The molecule has 1 aliphatic rings. The van der Waals surface area contributed by atoms with Crippen molar-refractivity contribution in [1.82, 2.24) is 0 Å². The van der Waals surface area contributed by atoms with Gasteiger partial charge in [-0.25, -0.2) is 4.79 Å². The number of ether oxygens (including phenoxy) is 3. The zero-order chi connectivity index (χ0) is 13.1. The summed E-state index contributed by atoms with van der Waals surface area (Å²) < 4.78 is 15.5. The van der Waals surface area contributed by atoms with Crippen molar-refractivity contribution in [3.8, 4) is 11.5 Å². The van der Waals surface area contributed by atoms with E-state index in [1.807, 2.05) is 0 Å². The first kappa shape index (κ1) is 12.4. The Morgan fingerprint density at radius 2 is 2.00 bits per heavy atom. The molecule has 1 heterocycles. The lowest BCUT2D eigenvalue weighted by atomic mass is 10.1. The quantitative estimate of drug-likeness (QED) is 0.462. The van der Waals surface area contributed by atoms with E-state index < -0.39 is 11.8 Å². The van der Waals surface area contributed by atoms with Gasteiger partial charge in [0, 0.05) is 5.56 Å². The van der Waals surface area contributed by atoms with E-state index in [1.54, 1.807) is 19.9 Å². The zero-order valence-electron chi connectivity index (χ0n) is 10.3. The summed E-state index contributed by atoms with van der Waals surface area (Å²) in [5, 5.41) is 0. The summed E-state index contributed by atoms with van der Waals surface area (Å²) in [4.78, 5) is 23.2. The summed E-state index contributed by atoms with van der Waals surface area (Å²) in [7, 11) is 0. The van der Waals surface area contributed by atoms with Gasteiger partial charge in [-0.3, -0.25) is 4.79 Å². The van der Waals surface area contributed by atoms with Crippen molar-refractivity contribution in [2.45, 2.75) is 13.8 Å². The molecule has 0 aliphatic carbocycles. The summed E-state index contributed by atoms with van der Waals surface area (Å²) in [6.07, 6.45) is 0. The Balaban J connectivity index is 2.32. The minimum absolute atomic E-state index is 0.175. The lowest BCUT2D eigenvalue weighted by Crippen LogP contribution is -2.20. The molecule has 18 heavy (non-hydrogen) atoms. The number of aryl methyl sites for hydroxylation is 1. The largest absolute Gasteiger partial charge is 0.486 e. The fourth-order valence-electron chi connectivity index (χ4n) is 1.77. The minimum atomic E-state index is -0.853. The van der Waals surface area contributed by atoms with Crippen LogP contribution in [0.15, 0.2) is 12.1 Å². The Hall–Kier alpha value is -2.04. The molecule has 0 atom stereocenters. The maximum absolute atomic E-state index is 11.8. The van der Waals surface area contributed by atoms with Gasteiger partial charge in [-0.15, -0.1) is 0 Å². The second-order valence-electron chi connectivity index (χ2n) is 3.87. The molecule has 1 aliphatic heterocycles. The van der Waals surface area contributed by atoms with Gasteiger partial charge in [0.2, 0.25) is 0 Å². The Kier molecular flexibility index (Phi) is 3.50. The maximum atomic E-state index is 11.8. The Morgan fingerprint density at radius 3 is 2.72 bits per heavy atom. The fourth-order valence-corrected chi connectivity index (χ4v) is 1.77. The molecular formula is C13H14O5. The smallest absolute Gasteiger partial charge is 0.379 e. The van der Waals surface area contributed by atoms with E-state index in [0.717, 1.165) is 5.56 Å². The molecule has 96 valence electrons. The van der Waals surface area contributed by atoms with Gasteiger partial charge in [0.15, 0.2) is 11.5 Å². The number of Topliss-reactive ketones (excluding diaryl/α,β-unsaturated/α-hetero) is 1. The Labute approximate surface area is 105 Å². The Morgan fingerprint density at radius 1 is 1.28 bits per heavy atom. The highest BCUT2D eigenvalue weighted by Crippen LogP contribution is 2.34. The number of carbonyl (C=O) groups is 2. The molecule has 1 aromatic rings. The number of benzene rings is 1. The number of rotatable bonds is 3. The monoisotopic (exact) mass is 250 g/mol. The van der Waals surface area contributed by atoms with Crippen LogP contribution in [0.2, 0.25) is 0 Å². The molecule has 0 radical (unpaired) electrons. The molecule has 0 N–H and O–H groups in total. The van der Waals surface area contributed by atoms with Crippen molar-refractivity contribution in [3.63, 3.8) is 0 Å². The SMILES string of the molecule is CCOC(=O)C(=O)c1cc(C)c2c(c1)OCCO2. The molecule has 0 spiro atoms. The number of hydrogen-bond donors (Lipinski definition) is 0. The van der Waals surface area contributed by atoms with Gasteiger partial charge in [0.1, 0.15) is 13.2 Å². The first-order valence-corrected chi connectivity index (χ1v) is 5.75. The van der Waals surface area contributed by atoms with Crippen molar-refractivity contribution in [2.75, 3.05) is 19.8 Å².